The first-order valence-corrected chi connectivity index (χ1v) is 6.98. The Hall–Kier alpha value is -0.900. The van der Waals surface area contributed by atoms with E-state index in [1.807, 2.05) is 0 Å². The number of nitrogens with one attached hydrogen (secondary N) is 2. The summed E-state index contributed by atoms with van der Waals surface area (Å²) in [4.78, 5) is 2.59. The molecule has 100 valence electrons. The largest absolute Gasteiger partial charge is 0.314 e. The van der Waals surface area contributed by atoms with Gasteiger partial charge in [-0.15, -0.1) is 0 Å². The van der Waals surface area contributed by atoms with E-state index in [0.29, 0.717) is 12.1 Å². The fourth-order valence-corrected chi connectivity index (χ4v) is 2.72. The molecule has 1 saturated heterocycles. The van der Waals surface area contributed by atoms with Crippen molar-refractivity contribution in [2.75, 3.05) is 33.2 Å². The van der Waals surface area contributed by atoms with Crippen LogP contribution >= 0.6 is 0 Å². The predicted molar refractivity (Wildman–Crippen MR) is 76.8 cm³/mol. The summed E-state index contributed by atoms with van der Waals surface area (Å²) in [5.74, 6) is 0. The van der Waals surface area contributed by atoms with Crippen LogP contribution in [0.15, 0.2) is 30.3 Å². The molecule has 0 saturated carbocycles. The highest BCUT2D eigenvalue weighted by Gasteiger charge is 2.20. The molecule has 18 heavy (non-hydrogen) atoms. The molecule has 3 heteroatoms. The Morgan fingerprint density at radius 1 is 1.22 bits per heavy atom. The van der Waals surface area contributed by atoms with E-state index in [2.05, 4.69) is 59.8 Å². The highest BCUT2D eigenvalue weighted by atomic mass is 15.2. The minimum atomic E-state index is 0.455. The highest BCUT2D eigenvalue weighted by molar-refractivity contribution is 5.19. The van der Waals surface area contributed by atoms with Crippen LogP contribution in [0.4, 0.5) is 0 Å². The van der Waals surface area contributed by atoms with Gasteiger partial charge in [-0.05, 0) is 26.0 Å². The average molecular weight is 247 g/mol. The molecule has 0 aromatic heterocycles. The first kappa shape index (κ1) is 13.5. The maximum atomic E-state index is 3.45. The molecule has 2 N–H and O–H groups in total. The summed E-state index contributed by atoms with van der Waals surface area (Å²) in [6.45, 7) is 6.94. The lowest BCUT2D eigenvalue weighted by Gasteiger charge is -2.34. The third kappa shape index (κ3) is 3.55. The molecular formula is C15H25N3. The first-order valence-electron chi connectivity index (χ1n) is 6.98. The molecule has 1 heterocycles. The van der Waals surface area contributed by atoms with E-state index in [0.717, 1.165) is 13.1 Å². The summed E-state index contributed by atoms with van der Waals surface area (Å²) in [5.41, 5.74) is 1.39. The summed E-state index contributed by atoms with van der Waals surface area (Å²) in [6, 6.07) is 11.8. The van der Waals surface area contributed by atoms with Crippen LogP contribution in [-0.4, -0.2) is 44.2 Å². The molecule has 1 aromatic carbocycles. The zero-order valence-electron chi connectivity index (χ0n) is 11.5. The SMILES string of the molecule is CNC(CC(C)N1CCNCC1)c1ccccc1. The highest BCUT2D eigenvalue weighted by Crippen LogP contribution is 2.20. The molecule has 2 rings (SSSR count). The van der Waals surface area contributed by atoms with E-state index in [9.17, 15) is 0 Å². The Morgan fingerprint density at radius 3 is 2.50 bits per heavy atom. The van der Waals surface area contributed by atoms with Crippen LogP contribution in [0, 0.1) is 0 Å². The number of rotatable bonds is 5. The van der Waals surface area contributed by atoms with E-state index < -0.39 is 0 Å². The van der Waals surface area contributed by atoms with Gasteiger partial charge >= 0.3 is 0 Å². The third-order valence-electron chi connectivity index (χ3n) is 3.90. The fraction of sp³-hybridized carbons (Fsp3) is 0.600. The fourth-order valence-electron chi connectivity index (χ4n) is 2.72. The molecule has 0 aliphatic carbocycles. The lowest BCUT2D eigenvalue weighted by atomic mass is 9.99. The van der Waals surface area contributed by atoms with Gasteiger partial charge < -0.3 is 10.6 Å². The second kappa shape index (κ2) is 6.88. The van der Waals surface area contributed by atoms with Gasteiger partial charge in [-0.2, -0.15) is 0 Å². The van der Waals surface area contributed by atoms with Gasteiger partial charge in [0.25, 0.3) is 0 Å². The molecule has 1 fully saturated rings. The zero-order valence-corrected chi connectivity index (χ0v) is 11.5. The van der Waals surface area contributed by atoms with Gasteiger partial charge in [-0.25, -0.2) is 0 Å². The van der Waals surface area contributed by atoms with Crippen molar-refractivity contribution in [2.45, 2.75) is 25.4 Å². The minimum absolute atomic E-state index is 0.455. The second-order valence-corrected chi connectivity index (χ2v) is 5.12. The quantitative estimate of drug-likeness (QED) is 0.828. The Balaban J connectivity index is 1.93. The topological polar surface area (TPSA) is 27.3 Å². The van der Waals surface area contributed by atoms with Crippen LogP contribution in [0.1, 0.15) is 24.9 Å². The molecule has 0 amide bonds. The first-order chi connectivity index (χ1) is 8.81. The van der Waals surface area contributed by atoms with Crippen molar-refractivity contribution in [3.8, 4) is 0 Å². The van der Waals surface area contributed by atoms with Crippen molar-refractivity contribution < 1.29 is 0 Å². The summed E-state index contributed by atoms with van der Waals surface area (Å²) in [6.07, 6.45) is 1.17. The van der Waals surface area contributed by atoms with Gasteiger partial charge in [0, 0.05) is 38.3 Å². The van der Waals surface area contributed by atoms with Crippen molar-refractivity contribution >= 4 is 0 Å². The van der Waals surface area contributed by atoms with Gasteiger partial charge in [-0.3, -0.25) is 4.90 Å². The Kier molecular flexibility index (Phi) is 5.17. The van der Waals surface area contributed by atoms with Crippen LogP contribution in [0.5, 0.6) is 0 Å². The molecule has 1 aromatic rings. The molecule has 3 nitrogen and oxygen atoms in total. The van der Waals surface area contributed by atoms with Crippen LogP contribution in [0.25, 0.3) is 0 Å². The Bertz CT molecular complexity index is 333. The van der Waals surface area contributed by atoms with Crippen LogP contribution in [-0.2, 0) is 0 Å². The van der Waals surface area contributed by atoms with Gasteiger partial charge in [0.05, 0.1) is 0 Å². The van der Waals surface area contributed by atoms with Gasteiger partial charge in [-0.1, -0.05) is 30.3 Å². The third-order valence-corrected chi connectivity index (χ3v) is 3.90. The summed E-state index contributed by atoms with van der Waals surface area (Å²) in [7, 11) is 2.06. The standard InChI is InChI=1S/C15H25N3/c1-13(18-10-8-17-9-11-18)12-15(16-2)14-6-4-3-5-7-14/h3-7,13,15-17H,8-12H2,1-2H3. The lowest BCUT2D eigenvalue weighted by Crippen LogP contribution is -2.48. The van der Waals surface area contributed by atoms with E-state index in [1.165, 1.54) is 25.1 Å². The molecule has 2 atom stereocenters. The molecule has 2 unspecified atom stereocenters. The van der Waals surface area contributed by atoms with Crippen LogP contribution < -0.4 is 10.6 Å². The number of hydrogen-bond acceptors (Lipinski definition) is 3. The van der Waals surface area contributed by atoms with E-state index >= 15 is 0 Å². The lowest BCUT2D eigenvalue weighted by molar-refractivity contribution is 0.167. The smallest absolute Gasteiger partial charge is 0.0332 e. The van der Waals surface area contributed by atoms with Crippen LogP contribution in [0.3, 0.4) is 0 Å². The molecule has 0 radical (unpaired) electrons. The number of benzene rings is 1. The number of hydrogen-bond donors (Lipinski definition) is 2. The average Bonchev–Trinajstić information content (AvgIpc) is 2.46. The van der Waals surface area contributed by atoms with Gasteiger partial charge in [0.15, 0.2) is 0 Å². The van der Waals surface area contributed by atoms with Crippen molar-refractivity contribution in [3.63, 3.8) is 0 Å². The van der Waals surface area contributed by atoms with Gasteiger partial charge in [0.1, 0.15) is 0 Å². The normalized spacial score (nSPS) is 20.6. The summed E-state index contributed by atoms with van der Waals surface area (Å²) in [5, 5.41) is 6.86. The van der Waals surface area contributed by atoms with E-state index in [4.69, 9.17) is 0 Å². The van der Waals surface area contributed by atoms with Crippen molar-refractivity contribution in [3.05, 3.63) is 35.9 Å². The molecule has 0 spiro atoms. The molecule has 1 aliphatic heterocycles. The Morgan fingerprint density at radius 2 is 1.89 bits per heavy atom. The second-order valence-electron chi connectivity index (χ2n) is 5.12. The zero-order chi connectivity index (χ0) is 12.8. The molecule has 1 aliphatic rings. The van der Waals surface area contributed by atoms with Crippen molar-refractivity contribution in [1.29, 1.82) is 0 Å². The maximum Gasteiger partial charge on any atom is 0.0332 e. The maximum absolute atomic E-state index is 3.45. The van der Waals surface area contributed by atoms with Crippen molar-refractivity contribution in [1.82, 2.24) is 15.5 Å². The van der Waals surface area contributed by atoms with Crippen molar-refractivity contribution in [2.24, 2.45) is 0 Å². The molecular weight excluding hydrogens is 222 g/mol. The number of nitrogens with zero attached hydrogens (tertiary/aromatic N) is 1. The van der Waals surface area contributed by atoms with Crippen LogP contribution in [0.2, 0.25) is 0 Å². The Labute approximate surface area is 111 Å². The minimum Gasteiger partial charge on any atom is -0.314 e. The predicted octanol–water partition coefficient (Wildman–Crippen LogP) is 1.63. The van der Waals surface area contributed by atoms with E-state index in [-0.39, 0.29) is 0 Å². The van der Waals surface area contributed by atoms with E-state index in [1.54, 1.807) is 0 Å². The molecule has 0 bridgehead atoms. The number of piperazine rings is 1. The van der Waals surface area contributed by atoms with Gasteiger partial charge in [0.2, 0.25) is 0 Å². The summed E-state index contributed by atoms with van der Waals surface area (Å²) < 4.78 is 0. The summed E-state index contributed by atoms with van der Waals surface area (Å²) >= 11 is 0. The monoisotopic (exact) mass is 247 g/mol.